The first-order valence-electron chi connectivity index (χ1n) is 8.10. The molecule has 1 fully saturated rings. The predicted molar refractivity (Wildman–Crippen MR) is 86.5 cm³/mol. The maximum absolute atomic E-state index is 12.6. The third-order valence-corrected chi connectivity index (χ3v) is 4.83. The fourth-order valence-corrected chi connectivity index (χ4v) is 3.39. The lowest BCUT2D eigenvalue weighted by Gasteiger charge is -2.28. The number of hydrogen-bond donors (Lipinski definition) is 2. The minimum atomic E-state index is -0.661. The molecular weight excluding hydrogens is 278 g/mol. The number of aliphatic hydroxyl groups is 1. The number of nitrogens with one attached hydrogen (secondary N) is 1. The van der Waals surface area contributed by atoms with Gasteiger partial charge >= 0.3 is 0 Å². The zero-order valence-electron chi connectivity index (χ0n) is 13.6. The maximum atomic E-state index is 12.6. The van der Waals surface area contributed by atoms with Gasteiger partial charge in [0.05, 0.1) is 11.5 Å². The van der Waals surface area contributed by atoms with Gasteiger partial charge in [0.2, 0.25) is 5.91 Å². The largest absolute Gasteiger partial charge is 0.387 e. The van der Waals surface area contributed by atoms with E-state index in [1.165, 1.54) is 0 Å². The van der Waals surface area contributed by atoms with E-state index < -0.39 is 6.10 Å². The van der Waals surface area contributed by atoms with Crippen molar-refractivity contribution in [2.75, 3.05) is 20.3 Å². The second kappa shape index (κ2) is 7.75. The summed E-state index contributed by atoms with van der Waals surface area (Å²) in [7, 11) is 1.67. The fraction of sp³-hybridized carbons (Fsp3) is 0.611. The summed E-state index contributed by atoms with van der Waals surface area (Å²) < 4.78 is 5.16. The molecule has 122 valence electrons. The normalized spacial score (nSPS) is 18.1. The lowest BCUT2D eigenvalue weighted by atomic mass is 9.82. The van der Waals surface area contributed by atoms with E-state index in [9.17, 15) is 9.90 Å². The molecule has 0 saturated heterocycles. The van der Waals surface area contributed by atoms with Crippen molar-refractivity contribution < 1.29 is 14.6 Å². The van der Waals surface area contributed by atoms with Crippen molar-refractivity contribution in [1.29, 1.82) is 0 Å². The number of carbonyl (C=O) groups excluding carboxylic acids is 1. The van der Waals surface area contributed by atoms with Gasteiger partial charge in [0.15, 0.2) is 0 Å². The molecule has 4 heteroatoms. The Morgan fingerprint density at radius 1 is 1.36 bits per heavy atom. The van der Waals surface area contributed by atoms with Crippen LogP contribution in [0.25, 0.3) is 0 Å². The van der Waals surface area contributed by atoms with Gasteiger partial charge in [0, 0.05) is 20.3 Å². The van der Waals surface area contributed by atoms with Crippen LogP contribution >= 0.6 is 0 Å². The molecule has 1 aromatic carbocycles. The second-order valence-electron chi connectivity index (χ2n) is 6.31. The van der Waals surface area contributed by atoms with Crippen molar-refractivity contribution in [2.24, 2.45) is 5.41 Å². The molecule has 1 aliphatic carbocycles. The van der Waals surface area contributed by atoms with Gasteiger partial charge in [-0.1, -0.05) is 37.1 Å². The van der Waals surface area contributed by atoms with Crippen molar-refractivity contribution in [1.82, 2.24) is 5.32 Å². The summed E-state index contributed by atoms with van der Waals surface area (Å²) in [5.41, 5.74) is 1.61. The van der Waals surface area contributed by atoms with Crippen LogP contribution in [-0.4, -0.2) is 31.3 Å². The maximum Gasteiger partial charge on any atom is 0.226 e. The average molecular weight is 305 g/mol. The molecule has 4 nitrogen and oxygen atoms in total. The molecule has 22 heavy (non-hydrogen) atoms. The molecule has 0 radical (unpaired) electrons. The zero-order chi connectivity index (χ0) is 16.0. The van der Waals surface area contributed by atoms with Crippen molar-refractivity contribution in [2.45, 2.75) is 45.1 Å². The van der Waals surface area contributed by atoms with Crippen LogP contribution in [0.4, 0.5) is 0 Å². The van der Waals surface area contributed by atoms with Gasteiger partial charge in [0.1, 0.15) is 0 Å². The van der Waals surface area contributed by atoms with E-state index in [0.717, 1.165) is 43.2 Å². The lowest BCUT2D eigenvalue weighted by molar-refractivity contribution is -0.132. The quantitative estimate of drug-likeness (QED) is 0.814. The van der Waals surface area contributed by atoms with Crippen molar-refractivity contribution in [3.05, 3.63) is 35.4 Å². The Morgan fingerprint density at radius 3 is 2.68 bits per heavy atom. The van der Waals surface area contributed by atoms with Crippen molar-refractivity contribution >= 4 is 5.91 Å². The first-order chi connectivity index (χ1) is 10.6. The molecule has 1 amide bonds. The number of carbonyl (C=O) groups is 1. The molecule has 1 aromatic rings. The molecule has 1 unspecified atom stereocenters. The summed E-state index contributed by atoms with van der Waals surface area (Å²) in [5, 5.41) is 13.3. The second-order valence-corrected chi connectivity index (χ2v) is 6.31. The molecule has 0 bridgehead atoms. The summed E-state index contributed by atoms with van der Waals surface area (Å²) in [6.07, 6.45) is 4.13. The highest BCUT2D eigenvalue weighted by Crippen LogP contribution is 2.41. The molecule has 2 rings (SSSR count). The van der Waals surface area contributed by atoms with Crippen LogP contribution in [0.5, 0.6) is 0 Å². The van der Waals surface area contributed by atoms with Crippen LogP contribution in [0.2, 0.25) is 0 Å². The van der Waals surface area contributed by atoms with E-state index >= 15 is 0 Å². The van der Waals surface area contributed by atoms with E-state index in [4.69, 9.17) is 4.74 Å². The van der Waals surface area contributed by atoms with Gasteiger partial charge in [-0.25, -0.2) is 0 Å². The van der Waals surface area contributed by atoms with Crippen LogP contribution in [0.1, 0.15) is 49.3 Å². The Balaban J connectivity index is 1.95. The number of rotatable bonds is 7. The minimum Gasteiger partial charge on any atom is -0.387 e. The molecule has 1 saturated carbocycles. The number of benzene rings is 1. The van der Waals surface area contributed by atoms with Gasteiger partial charge in [-0.2, -0.15) is 0 Å². The Bertz CT molecular complexity index is 495. The molecule has 2 N–H and O–H groups in total. The molecule has 0 spiro atoms. The summed E-state index contributed by atoms with van der Waals surface area (Å²) in [6, 6.07) is 7.73. The monoisotopic (exact) mass is 305 g/mol. The molecule has 0 heterocycles. The minimum absolute atomic E-state index is 0.0645. The van der Waals surface area contributed by atoms with Gasteiger partial charge < -0.3 is 15.2 Å². The van der Waals surface area contributed by atoms with Crippen molar-refractivity contribution in [3.63, 3.8) is 0 Å². The van der Waals surface area contributed by atoms with Gasteiger partial charge in [-0.15, -0.1) is 0 Å². The number of methoxy groups -OCH3 is 1. The van der Waals surface area contributed by atoms with Crippen LogP contribution in [0.3, 0.4) is 0 Å². The highest BCUT2D eigenvalue weighted by atomic mass is 16.5. The Kier molecular flexibility index (Phi) is 5.98. The van der Waals surface area contributed by atoms with E-state index in [0.29, 0.717) is 6.61 Å². The fourth-order valence-electron chi connectivity index (χ4n) is 3.39. The predicted octanol–water partition coefficient (Wildman–Crippen LogP) is 2.74. The van der Waals surface area contributed by atoms with E-state index in [1.807, 2.05) is 31.2 Å². The molecule has 0 aromatic heterocycles. The summed E-state index contributed by atoms with van der Waals surface area (Å²) in [6.45, 7) is 2.84. The molecule has 1 atom stereocenters. The van der Waals surface area contributed by atoms with Crippen LogP contribution < -0.4 is 5.32 Å². The lowest BCUT2D eigenvalue weighted by Crippen LogP contribution is -2.41. The average Bonchev–Trinajstić information content (AvgIpc) is 3.01. The highest BCUT2D eigenvalue weighted by molar-refractivity contribution is 5.83. The van der Waals surface area contributed by atoms with E-state index in [2.05, 4.69) is 5.32 Å². The number of aryl methyl sites for hydroxylation is 1. The Hall–Kier alpha value is -1.39. The summed E-state index contributed by atoms with van der Waals surface area (Å²) >= 11 is 0. The van der Waals surface area contributed by atoms with E-state index in [-0.39, 0.29) is 17.9 Å². The summed E-state index contributed by atoms with van der Waals surface area (Å²) in [5.74, 6) is 0.0645. The third-order valence-electron chi connectivity index (χ3n) is 4.83. The smallest absolute Gasteiger partial charge is 0.226 e. The molecule has 1 aliphatic rings. The van der Waals surface area contributed by atoms with Gasteiger partial charge in [-0.05, 0) is 37.3 Å². The van der Waals surface area contributed by atoms with Gasteiger partial charge in [0.25, 0.3) is 0 Å². The first kappa shape index (κ1) is 17.0. The van der Waals surface area contributed by atoms with Crippen LogP contribution in [0.15, 0.2) is 24.3 Å². The van der Waals surface area contributed by atoms with Crippen molar-refractivity contribution in [3.8, 4) is 0 Å². The Morgan fingerprint density at radius 2 is 2.05 bits per heavy atom. The van der Waals surface area contributed by atoms with Gasteiger partial charge in [-0.3, -0.25) is 4.79 Å². The number of hydrogen-bond acceptors (Lipinski definition) is 3. The number of amides is 1. The SMILES string of the molecule is COCCC1(C(=O)NCC(O)c2ccccc2C)CCCC1. The molecule has 0 aliphatic heterocycles. The first-order valence-corrected chi connectivity index (χ1v) is 8.10. The zero-order valence-corrected chi connectivity index (χ0v) is 13.6. The number of ether oxygens (including phenoxy) is 1. The third kappa shape index (κ3) is 3.87. The topological polar surface area (TPSA) is 58.6 Å². The standard InChI is InChI=1S/C18H27NO3/c1-14-7-3-4-8-15(14)16(20)13-19-17(21)18(11-12-22-2)9-5-6-10-18/h3-4,7-8,16,20H,5-6,9-13H2,1-2H3,(H,19,21). The van der Waals surface area contributed by atoms with Crippen LogP contribution in [0, 0.1) is 12.3 Å². The molecular formula is C18H27NO3. The highest BCUT2D eigenvalue weighted by Gasteiger charge is 2.40. The summed E-state index contributed by atoms with van der Waals surface area (Å²) in [4.78, 5) is 12.6. The van der Waals surface area contributed by atoms with Crippen LogP contribution in [-0.2, 0) is 9.53 Å². The number of aliphatic hydroxyl groups excluding tert-OH is 1. The Labute approximate surface area is 132 Å². The van der Waals surface area contributed by atoms with E-state index in [1.54, 1.807) is 7.11 Å².